The maximum Gasteiger partial charge on any atom is 0.248 e. The van der Waals surface area contributed by atoms with Crippen molar-refractivity contribution in [2.75, 3.05) is 32.0 Å². The van der Waals surface area contributed by atoms with E-state index in [4.69, 9.17) is 14.2 Å². The smallest absolute Gasteiger partial charge is 0.248 e. The summed E-state index contributed by atoms with van der Waals surface area (Å²) in [5, 5.41) is 8.97. The minimum Gasteiger partial charge on any atom is -0.493 e. The van der Waals surface area contributed by atoms with Crippen molar-refractivity contribution in [3.8, 4) is 28.4 Å². The summed E-state index contributed by atoms with van der Waals surface area (Å²) < 4.78 is 17.1. The third-order valence-corrected chi connectivity index (χ3v) is 7.09. The highest BCUT2D eigenvalue weighted by molar-refractivity contribution is 5.96. The van der Waals surface area contributed by atoms with Crippen LogP contribution in [0.2, 0.25) is 0 Å². The molecule has 1 aliphatic carbocycles. The number of rotatable bonds is 9. The van der Waals surface area contributed by atoms with Gasteiger partial charge in [0.05, 0.1) is 33.1 Å². The molecule has 10 nitrogen and oxygen atoms in total. The molecule has 0 saturated carbocycles. The molecule has 0 fully saturated rings. The van der Waals surface area contributed by atoms with Gasteiger partial charge in [-0.2, -0.15) is 0 Å². The molecule has 4 rings (SSSR count). The molecule has 3 N–H and O–H groups in total. The zero-order valence-electron chi connectivity index (χ0n) is 24.2. The molecule has 2 atom stereocenters. The van der Waals surface area contributed by atoms with Crippen molar-refractivity contribution in [2.45, 2.75) is 45.7 Å². The molecule has 0 aliphatic heterocycles. The zero-order valence-corrected chi connectivity index (χ0v) is 24.2. The number of hydrogen-bond acceptors (Lipinski definition) is 8. The van der Waals surface area contributed by atoms with E-state index in [2.05, 4.69) is 20.9 Å². The minimum absolute atomic E-state index is 0.147. The number of carbonyl (C=O) groups is 2. The van der Waals surface area contributed by atoms with Gasteiger partial charge in [0.25, 0.3) is 0 Å². The number of nitrogens with zero attached hydrogens (tertiary/aromatic N) is 1. The highest BCUT2D eigenvalue weighted by atomic mass is 16.5. The SMILES string of the molecule is COc1cc2c(c(OC)c1OC)-c1ccc(N[C@@H](C(=O)Nc3ccccn3)C(C)C)c(=O)cc1[C@H](NC(C)=O)CC2. The predicted octanol–water partition coefficient (Wildman–Crippen LogP) is 4.33. The molecule has 3 aromatic rings. The van der Waals surface area contributed by atoms with Crippen molar-refractivity contribution in [1.29, 1.82) is 0 Å². The van der Waals surface area contributed by atoms with Gasteiger partial charge in [0.15, 0.2) is 11.5 Å². The molecule has 0 radical (unpaired) electrons. The molecule has 10 heteroatoms. The number of aromatic nitrogens is 1. The second-order valence-corrected chi connectivity index (χ2v) is 10.2. The van der Waals surface area contributed by atoms with Crippen LogP contribution in [0.1, 0.15) is 44.4 Å². The average Bonchev–Trinajstić information content (AvgIpc) is 3.19. The van der Waals surface area contributed by atoms with Crippen LogP contribution in [-0.2, 0) is 16.0 Å². The summed E-state index contributed by atoms with van der Waals surface area (Å²) in [7, 11) is 4.65. The molecular formula is C31H36N4O6. The maximum atomic E-state index is 13.7. The summed E-state index contributed by atoms with van der Waals surface area (Å²) >= 11 is 0. The molecule has 2 aromatic carbocycles. The van der Waals surface area contributed by atoms with Crippen LogP contribution in [0.4, 0.5) is 11.5 Å². The molecule has 0 bridgehead atoms. The third-order valence-electron chi connectivity index (χ3n) is 7.09. The Morgan fingerprint density at radius 3 is 2.37 bits per heavy atom. The Bertz CT molecular complexity index is 1490. The maximum absolute atomic E-state index is 13.7. The Balaban J connectivity index is 1.86. The van der Waals surface area contributed by atoms with Crippen molar-refractivity contribution in [1.82, 2.24) is 10.3 Å². The highest BCUT2D eigenvalue weighted by Gasteiger charge is 2.30. The van der Waals surface area contributed by atoms with Gasteiger partial charge in [-0.15, -0.1) is 0 Å². The number of fused-ring (bicyclic) bond motifs is 3. The van der Waals surface area contributed by atoms with Crippen molar-refractivity contribution in [3.63, 3.8) is 0 Å². The Labute approximate surface area is 239 Å². The average molecular weight is 561 g/mol. The van der Waals surface area contributed by atoms with E-state index >= 15 is 0 Å². The van der Waals surface area contributed by atoms with Crippen molar-refractivity contribution in [2.24, 2.45) is 5.92 Å². The normalized spacial score (nSPS) is 14.6. The Hall–Kier alpha value is -4.60. The summed E-state index contributed by atoms with van der Waals surface area (Å²) in [6.45, 7) is 5.24. The predicted molar refractivity (Wildman–Crippen MR) is 158 cm³/mol. The van der Waals surface area contributed by atoms with Crippen LogP contribution in [0.5, 0.6) is 17.2 Å². The van der Waals surface area contributed by atoms with E-state index in [0.717, 1.165) is 11.1 Å². The van der Waals surface area contributed by atoms with Gasteiger partial charge >= 0.3 is 0 Å². The molecule has 216 valence electrons. The molecule has 2 amide bonds. The number of amides is 2. The zero-order chi connectivity index (χ0) is 29.7. The number of pyridine rings is 1. The number of carbonyl (C=O) groups excluding carboxylic acids is 2. The summed E-state index contributed by atoms with van der Waals surface area (Å²) in [6.07, 6.45) is 2.74. The van der Waals surface area contributed by atoms with E-state index in [1.54, 1.807) is 44.7 Å². The molecule has 0 unspecified atom stereocenters. The molecule has 1 aliphatic rings. The molecular weight excluding hydrogens is 524 g/mol. The van der Waals surface area contributed by atoms with Crippen LogP contribution in [0.15, 0.2) is 53.5 Å². The van der Waals surface area contributed by atoms with Crippen molar-refractivity contribution < 1.29 is 23.8 Å². The van der Waals surface area contributed by atoms with Gasteiger partial charge in [0, 0.05) is 18.7 Å². The first-order valence-corrected chi connectivity index (χ1v) is 13.4. The lowest BCUT2D eigenvalue weighted by Gasteiger charge is -2.22. The lowest BCUT2D eigenvalue weighted by atomic mass is 9.95. The Morgan fingerprint density at radius 2 is 1.76 bits per heavy atom. The number of nitrogens with one attached hydrogen (secondary N) is 3. The number of aryl methyl sites for hydroxylation is 1. The highest BCUT2D eigenvalue weighted by Crippen LogP contribution is 2.50. The van der Waals surface area contributed by atoms with E-state index in [0.29, 0.717) is 47.0 Å². The second-order valence-electron chi connectivity index (χ2n) is 10.2. The first kappa shape index (κ1) is 29.4. The van der Waals surface area contributed by atoms with Crippen LogP contribution >= 0.6 is 0 Å². The number of ether oxygens (including phenoxy) is 3. The number of anilines is 2. The van der Waals surface area contributed by atoms with E-state index in [-0.39, 0.29) is 28.8 Å². The standard InChI is InChI=1S/C31H36N4O6/c1-17(2)28(31(38)35-26-9-7-8-14-32-26)34-23-13-11-20-21(16-24(23)37)22(33-18(3)36)12-10-19-15-25(39-4)29(40-5)30(41-6)27(19)20/h7-9,11,13-17,22,28H,10,12H2,1-6H3,(H,33,36)(H,34,37)(H,32,35,38)/t22-,28-/m1/s1. The van der Waals surface area contributed by atoms with Crippen molar-refractivity contribution in [3.05, 3.63) is 70.0 Å². The monoisotopic (exact) mass is 560 g/mol. The molecule has 0 spiro atoms. The summed E-state index contributed by atoms with van der Waals surface area (Å²) in [5.41, 5.74) is 2.95. The molecule has 41 heavy (non-hydrogen) atoms. The van der Waals surface area contributed by atoms with Gasteiger partial charge in [-0.3, -0.25) is 14.4 Å². The summed E-state index contributed by atoms with van der Waals surface area (Å²) in [5.74, 6) is 1.16. The van der Waals surface area contributed by atoms with Gasteiger partial charge in [-0.25, -0.2) is 4.98 Å². The van der Waals surface area contributed by atoms with Crippen molar-refractivity contribution >= 4 is 23.3 Å². The summed E-state index contributed by atoms with van der Waals surface area (Å²) in [6, 6.07) is 11.0. The fraction of sp³-hybridized carbons (Fsp3) is 0.355. The molecule has 1 aromatic heterocycles. The van der Waals surface area contributed by atoms with Crippen LogP contribution in [0.3, 0.4) is 0 Å². The topological polar surface area (TPSA) is 128 Å². The lowest BCUT2D eigenvalue weighted by molar-refractivity contribution is -0.120. The van der Waals surface area contributed by atoms with E-state index in [1.807, 2.05) is 26.0 Å². The first-order chi connectivity index (χ1) is 19.7. The molecule has 1 heterocycles. The third kappa shape index (κ3) is 6.26. The first-order valence-electron chi connectivity index (χ1n) is 13.4. The Morgan fingerprint density at radius 1 is 1.00 bits per heavy atom. The van der Waals surface area contributed by atoms with E-state index < -0.39 is 12.1 Å². The van der Waals surface area contributed by atoms with Crippen LogP contribution in [-0.4, -0.2) is 44.2 Å². The van der Waals surface area contributed by atoms with Crippen LogP contribution in [0.25, 0.3) is 11.1 Å². The fourth-order valence-corrected chi connectivity index (χ4v) is 5.17. The Kier molecular flexibility index (Phi) is 9.11. The quantitative estimate of drug-likeness (QED) is 0.353. The summed E-state index contributed by atoms with van der Waals surface area (Å²) in [4.78, 5) is 43.2. The fourth-order valence-electron chi connectivity index (χ4n) is 5.17. The number of hydrogen-bond donors (Lipinski definition) is 3. The second kappa shape index (κ2) is 12.7. The number of methoxy groups -OCH3 is 3. The van der Waals surface area contributed by atoms with Gasteiger partial charge in [0.2, 0.25) is 23.0 Å². The van der Waals surface area contributed by atoms with E-state index in [1.165, 1.54) is 20.1 Å². The minimum atomic E-state index is -0.718. The van der Waals surface area contributed by atoms with E-state index in [9.17, 15) is 14.4 Å². The molecule has 0 saturated heterocycles. The van der Waals surface area contributed by atoms with Crippen LogP contribution < -0.4 is 35.6 Å². The van der Waals surface area contributed by atoms with Gasteiger partial charge < -0.3 is 30.2 Å². The number of benzene rings is 1. The largest absolute Gasteiger partial charge is 0.493 e. The van der Waals surface area contributed by atoms with Gasteiger partial charge in [-0.05, 0) is 65.8 Å². The van der Waals surface area contributed by atoms with Gasteiger partial charge in [0.1, 0.15) is 11.9 Å². The van der Waals surface area contributed by atoms with Gasteiger partial charge in [-0.1, -0.05) is 26.0 Å². The lowest BCUT2D eigenvalue weighted by Crippen LogP contribution is -2.40. The van der Waals surface area contributed by atoms with Crippen LogP contribution in [0, 0.1) is 5.92 Å².